The van der Waals surface area contributed by atoms with E-state index in [1.165, 1.54) is 6.92 Å². The standard InChI is InChI=1S/C14H20N2O2.C8H15NO3/c17-13-11-7-4-8-15-12(11)14(18)16(13)9-10-5-2-1-3-6-10;1-5(2)4-7(8(11)12)9-6(3)10/h1-3,5-6,11-15,17-18H,4,7-9H2;5,7H,4H2,1-3H3,(H,9,10)(H,11,12)/t11-,12+,13?,14?;/m1./s1. The maximum absolute atomic E-state index is 10.6. The zero-order chi connectivity index (χ0) is 22.3. The number of hydrogen-bond donors (Lipinski definition) is 5. The largest absolute Gasteiger partial charge is 0.480 e. The molecule has 8 nitrogen and oxygen atoms in total. The van der Waals surface area contributed by atoms with Crippen molar-refractivity contribution in [2.45, 2.75) is 71.1 Å². The lowest BCUT2D eigenvalue weighted by Gasteiger charge is -2.27. The van der Waals surface area contributed by atoms with E-state index in [9.17, 15) is 19.8 Å². The van der Waals surface area contributed by atoms with Crippen molar-refractivity contribution in [3.63, 3.8) is 0 Å². The highest BCUT2D eigenvalue weighted by Crippen LogP contribution is 2.34. The third-order valence-electron chi connectivity index (χ3n) is 5.53. The van der Waals surface area contributed by atoms with Crippen LogP contribution < -0.4 is 10.6 Å². The zero-order valence-corrected chi connectivity index (χ0v) is 18.0. The van der Waals surface area contributed by atoms with E-state index >= 15 is 0 Å². The van der Waals surface area contributed by atoms with Crippen LogP contribution in [0.25, 0.3) is 0 Å². The number of likely N-dealkylation sites (tertiary alicyclic amines) is 1. The van der Waals surface area contributed by atoms with Crippen LogP contribution in [0, 0.1) is 11.8 Å². The summed E-state index contributed by atoms with van der Waals surface area (Å²) >= 11 is 0. The number of carbonyl (C=O) groups excluding carboxylic acids is 1. The normalized spacial score (nSPS) is 27.0. The van der Waals surface area contributed by atoms with Crippen LogP contribution in [0.4, 0.5) is 0 Å². The number of fused-ring (bicyclic) bond motifs is 1. The summed E-state index contributed by atoms with van der Waals surface area (Å²) in [6.45, 7) is 6.67. The number of hydrogen-bond acceptors (Lipinski definition) is 6. The molecule has 2 aliphatic rings. The smallest absolute Gasteiger partial charge is 0.326 e. The molecule has 5 N–H and O–H groups in total. The van der Waals surface area contributed by atoms with Crippen molar-refractivity contribution >= 4 is 11.9 Å². The van der Waals surface area contributed by atoms with E-state index in [0.29, 0.717) is 13.0 Å². The average molecular weight is 422 g/mol. The summed E-state index contributed by atoms with van der Waals surface area (Å²) in [6.07, 6.45) is 1.39. The second-order valence-corrected chi connectivity index (χ2v) is 8.49. The fraction of sp³-hybridized carbons (Fsp3) is 0.636. The molecule has 1 amide bonds. The average Bonchev–Trinajstić information content (AvgIpc) is 2.93. The molecule has 5 atom stereocenters. The van der Waals surface area contributed by atoms with Gasteiger partial charge in [0, 0.05) is 19.4 Å². The molecule has 0 bridgehead atoms. The van der Waals surface area contributed by atoms with Crippen LogP contribution in [0.2, 0.25) is 0 Å². The van der Waals surface area contributed by atoms with E-state index in [1.54, 1.807) is 4.90 Å². The molecule has 8 heteroatoms. The Labute approximate surface area is 178 Å². The molecule has 0 radical (unpaired) electrons. The molecule has 0 saturated carbocycles. The second-order valence-electron chi connectivity index (χ2n) is 8.49. The predicted octanol–water partition coefficient (Wildman–Crippen LogP) is 1.13. The van der Waals surface area contributed by atoms with Crippen molar-refractivity contribution in [1.82, 2.24) is 15.5 Å². The summed E-state index contributed by atoms with van der Waals surface area (Å²) in [7, 11) is 0. The summed E-state index contributed by atoms with van der Waals surface area (Å²) < 4.78 is 0. The van der Waals surface area contributed by atoms with Crippen LogP contribution in [0.5, 0.6) is 0 Å². The van der Waals surface area contributed by atoms with Gasteiger partial charge in [-0.2, -0.15) is 0 Å². The summed E-state index contributed by atoms with van der Waals surface area (Å²) in [5, 5.41) is 35.0. The van der Waals surface area contributed by atoms with Crippen LogP contribution >= 0.6 is 0 Å². The number of amides is 1. The van der Waals surface area contributed by atoms with E-state index in [1.807, 2.05) is 44.2 Å². The number of piperidine rings is 1. The van der Waals surface area contributed by atoms with Crippen LogP contribution in [0.3, 0.4) is 0 Å². The minimum atomic E-state index is -0.973. The Morgan fingerprint density at radius 3 is 2.40 bits per heavy atom. The molecule has 1 aromatic carbocycles. The van der Waals surface area contributed by atoms with Crippen LogP contribution in [-0.2, 0) is 16.1 Å². The van der Waals surface area contributed by atoms with Crippen LogP contribution in [0.15, 0.2) is 30.3 Å². The summed E-state index contributed by atoms with van der Waals surface area (Å²) in [4.78, 5) is 22.9. The first-order chi connectivity index (χ1) is 14.2. The van der Waals surface area contributed by atoms with E-state index < -0.39 is 24.5 Å². The molecule has 2 fully saturated rings. The van der Waals surface area contributed by atoms with E-state index in [2.05, 4.69) is 10.6 Å². The van der Waals surface area contributed by atoms with Crippen LogP contribution in [-0.4, -0.2) is 63.2 Å². The molecule has 1 aromatic rings. The highest BCUT2D eigenvalue weighted by molar-refractivity contribution is 5.81. The molecule has 0 aromatic heterocycles. The number of carboxylic acid groups (broad SMARTS) is 1. The molecular formula is C22H35N3O5. The number of aliphatic hydroxyl groups is 2. The molecule has 2 aliphatic heterocycles. The maximum atomic E-state index is 10.6. The van der Waals surface area contributed by atoms with Gasteiger partial charge in [-0.1, -0.05) is 44.2 Å². The Balaban J connectivity index is 0.000000235. The Hall–Kier alpha value is -2.00. The third-order valence-corrected chi connectivity index (χ3v) is 5.53. The molecule has 3 unspecified atom stereocenters. The Bertz CT molecular complexity index is 667. The van der Waals surface area contributed by atoms with Gasteiger partial charge in [-0.3, -0.25) is 4.79 Å². The molecule has 30 heavy (non-hydrogen) atoms. The van der Waals surface area contributed by atoms with Gasteiger partial charge >= 0.3 is 5.97 Å². The fourth-order valence-electron chi connectivity index (χ4n) is 4.13. The number of carboxylic acids is 1. The number of nitrogens with zero attached hydrogens (tertiary/aromatic N) is 1. The molecule has 168 valence electrons. The zero-order valence-electron chi connectivity index (χ0n) is 18.0. The van der Waals surface area contributed by atoms with Gasteiger partial charge in [0.2, 0.25) is 5.91 Å². The number of benzene rings is 1. The Morgan fingerprint density at radius 1 is 1.20 bits per heavy atom. The van der Waals surface area contributed by atoms with Crippen molar-refractivity contribution in [2.75, 3.05) is 6.54 Å². The topological polar surface area (TPSA) is 122 Å². The molecule has 0 aliphatic carbocycles. The first kappa shape index (κ1) is 24.3. The van der Waals surface area contributed by atoms with Gasteiger partial charge in [0.25, 0.3) is 0 Å². The highest BCUT2D eigenvalue weighted by Gasteiger charge is 2.48. The Morgan fingerprint density at radius 2 is 1.87 bits per heavy atom. The van der Waals surface area contributed by atoms with Crippen molar-refractivity contribution in [1.29, 1.82) is 0 Å². The number of nitrogens with one attached hydrogen (secondary N) is 2. The number of rotatable bonds is 6. The highest BCUT2D eigenvalue weighted by atomic mass is 16.4. The van der Waals surface area contributed by atoms with Gasteiger partial charge in [-0.25, -0.2) is 9.69 Å². The van der Waals surface area contributed by atoms with Gasteiger partial charge in [0.1, 0.15) is 18.5 Å². The van der Waals surface area contributed by atoms with Gasteiger partial charge in [0.05, 0.1) is 6.04 Å². The summed E-state index contributed by atoms with van der Waals surface area (Å²) in [6, 6.07) is 9.25. The van der Waals surface area contributed by atoms with Crippen LogP contribution in [0.1, 0.15) is 45.6 Å². The monoisotopic (exact) mass is 421 g/mol. The molecule has 2 saturated heterocycles. The first-order valence-electron chi connectivity index (χ1n) is 10.6. The molecule has 0 spiro atoms. The lowest BCUT2D eigenvalue weighted by atomic mass is 9.92. The predicted molar refractivity (Wildman–Crippen MR) is 113 cm³/mol. The third kappa shape index (κ3) is 6.77. The minimum absolute atomic E-state index is 0.0115. The first-order valence-corrected chi connectivity index (χ1v) is 10.6. The maximum Gasteiger partial charge on any atom is 0.326 e. The number of carbonyl (C=O) groups is 2. The van der Waals surface area contributed by atoms with E-state index in [-0.39, 0.29) is 23.8 Å². The SMILES string of the molecule is CC(=O)NC(CC(C)C)C(=O)O.OC1[C@H]2NCCC[C@H]2C(O)N1Cc1ccccc1. The lowest BCUT2D eigenvalue weighted by molar-refractivity contribution is -0.142. The van der Waals surface area contributed by atoms with Crippen molar-refractivity contribution in [3.05, 3.63) is 35.9 Å². The number of aliphatic hydroxyl groups excluding tert-OH is 2. The summed E-state index contributed by atoms with van der Waals surface area (Å²) in [5.41, 5.74) is 1.12. The summed E-state index contributed by atoms with van der Waals surface area (Å²) in [5.74, 6) is -0.864. The fourth-order valence-corrected chi connectivity index (χ4v) is 4.13. The van der Waals surface area contributed by atoms with E-state index in [0.717, 1.165) is 24.9 Å². The van der Waals surface area contributed by atoms with Gasteiger partial charge < -0.3 is 26.0 Å². The van der Waals surface area contributed by atoms with Gasteiger partial charge in [-0.05, 0) is 37.3 Å². The number of aliphatic carboxylic acids is 1. The second kappa shape index (κ2) is 11.4. The Kier molecular flexibility index (Phi) is 9.23. The van der Waals surface area contributed by atoms with Gasteiger partial charge in [-0.15, -0.1) is 0 Å². The molecule has 3 rings (SSSR count). The molecular weight excluding hydrogens is 386 g/mol. The molecule has 2 heterocycles. The van der Waals surface area contributed by atoms with Crippen molar-refractivity contribution in [3.8, 4) is 0 Å². The van der Waals surface area contributed by atoms with E-state index in [4.69, 9.17) is 5.11 Å². The lowest BCUT2D eigenvalue weighted by Crippen LogP contribution is -2.46. The minimum Gasteiger partial charge on any atom is -0.480 e. The van der Waals surface area contributed by atoms with Gasteiger partial charge in [0.15, 0.2) is 0 Å². The quantitative estimate of drug-likeness (QED) is 0.467. The van der Waals surface area contributed by atoms with Crippen molar-refractivity contribution in [2.24, 2.45) is 11.8 Å². The van der Waals surface area contributed by atoms with Crippen molar-refractivity contribution < 1.29 is 24.9 Å².